The Bertz CT molecular complexity index is 1340. The number of nitrogens with one attached hydrogen (secondary N) is 1. The predicted octanol–water partition coefficient (Wildman–Crippen LogP) is 2.91. The highest BCUT2D eigenvalue weighted by atomic mass is 32.2. The Hall–Kier alpha value is -3.99. The fourth-order valence-electron chi connectivity index (χ4n) is 3.60. The predicted molar refractivity (Wildman–Crippen MR) is 123 cm³/mol. The first-order valence-electron chi connectivity index (χ1n) is 10.3. The maximum atomic E-state index is 13.0. The number of hydrogen-bond acceptors (Lipinski definition) is 9. The molecule has 11 heteroatoms. The van der Waals surface area contributed by atoms with Crippen LogP contribution in [0.1, 0.15) is 39.3 Å². The van der Waals surface area contributed by atoms with Gasteiger partial charge in [-0.2, -0.15) is 9.78 Å². The summed E-state index contributed by atoms with van der Waals surface area (Å²) < 4.78 is 6.08. The number of hydrazone groups is 1. The summed E-state index contributed by atoms with van der Waals surface area (Å²) in [5.41, 5.74) is 13.4. The molecular formula is C22H20N8O2S. The minimum Gasteiger partial charge on any atom is -0.378 e. The molecule has 4 aromatic rings. The fraction of sp³-hybridized carbons (Fsp3) is 0.182. The molecule has 166 valence electrons. The standard InChI is InChI=1S/C22H20N8O2S/c1-13-6-9-15(10-7-13)33-12-18-19(25-29-30(18)21-20(23)27-32-28-21)22(31)26-24-17-11-8-14-4-2-3-5-16(14)17/h2-7,9-10H,8,11-12H2,1H3,(H2,23,27)(H,26,31)/b24-17-. The van der Waals surface area contributed by atoms with Crippen LogP contribution in [0, 0.1) is 6.92 Å². The molecule has 0 fully saturated rings. The summed E-state index contributed by atoms with van der Waals surface area (Å²) in [7, 11) is 0. The fourth-order valence-corrected chi connectivity index (χ4v) is 4.49. The first kappa shape index (κ1) is 20.9. The van der Waals surface area contributed by atoms with E-state index in [2.05, 4.69) is 37.2 Å². The van der Waals surface area contributed by atoms with Crippen molar-refractivity contribution in [1.82, 2.24) is 30.7 Å². The number of nitrogens with two attached hydrogens (primary N) is 1. The monoisotopic (exact) mass is 460 g/mol. The van der Waals surface area contributed by atoms with Gasteiger partial charge >= 0.3 is 0 Å². The van der Waals surface area contributed by atoms with Gasteiger partial charge in [-0.25, -0.2) is 10.1 Å². The van der Waals surface area contributed by atoms with Crippen molar-refractivity contribution < 1.29 is 9.42 Å². The van der Waals surface area contributed by atoms with Gasteiger partial charge in [-0.15, -0.1) is 16.9 Å². The second-order valence-corrected chi connectivity index (χ2v) is 8.58. The Morgan fingerprint density at radius 1 is 1.18 bits per heavy atom. The number of carbonyl (C=O) groups is 1. The van der Waals surface area contributed by atoms with Crippen LogP contribution in [0.5, 0.6) is 0 Å². The molecule has 1 amide bonds. The van der Waals surface area contributed by atoms with Crippen molar-refractivity contribution in [3.05, 3.63) is 76.6 Å². The largest absolute Gasteiger partial charge is 0.378 e. The number of fused-ring (bicyclic) bond motifs is 1. The van der Waals surface area contributed by atoms with Gasteiger partial charge in [-0.05, 0) is 47.8 Å². The molecule has 0 saturated heterocycles. The molecule has 2 aromatic heterocycles. The van der Waals surface area contributed by atoms with E-state index >= 15 is 0 Å². The molecule has 0 unspecified atom stereocenters. The molecule has 0 spiro atoms. The normalized spacial score (nSPS) is 13.9. The van der Waals surface area contributed by atoms with Gasteiger partial charge in [0.15, 0.2) is 5.69 Å². The molecule has 0 bridgehead atoms. The SMILES string of the molecule is Cc1ccc(SCc2c(C(=O)N/N=C3/CCc4ccccc43)nnn2-c2nonc2N)cc1. The number of hydrogen-bond donors (Lipinski definition) is 2. The van der Waals surface area contributed by atoms with Crippen LogP contribution in [-0.2, 0) is 12.2 Å². The molecule has 0 atom stereocenters. The zero-order valence-corrected chi connectivity index (χ0v) is 18.5. The second kappa shape index (κ2) is 8.87. The zero-order valence-electron chi connectivity index (χ0n) is 17.7. The minimum absolute atomic E-state index is 0.0521. The third-order valence-corrected chi connectivity index (χ3v) is 6.35. The van der Waals surface area contributed by atoms with Crippen LogP contribution >= 0.6 is 11.8 Å². The zero-order chi connectivity index (χ0) is 22.8. The third-order valence-electron chi connectivity index (χ3n) is 5.32. The highest BCUT2D eigenvalue weighted by Crippen LogP contribution is 2.26. The summed E-state index contributed by atoms with van der Waals surface area (Å²) >= 11 is 1.53. The number of anilines is 1. The number of nitrogens with zero attached hydrogens (tertiary/aromatic N) is 6. The van der Waals surface area contributed by atoms with Crippen LogP contribution in [0.25, 0.3) is 5.82 Å². The van der Waals surface area contributed by atoms with Crippen LogP contribution in [0.4, 0.5) is 5.82 Å². The molecule has 5 rings (SSSR count). The van der Waals surface area contributed by atoms with E-state index in [1.807, 2.05) is 49.4 Å². The van der Waals surface area contributed by atoms with Gasteiger partial charge < -0.3 is 5.73 Å². The molecule has 10 nitrogen and oxygen atoms in total. The summed E-state index contributed by atoms with van der Waals surface area (Å²) in [6.07, 6.45) is 1.67. The van der Waals surface area contributed by atoms with Crippen molar-refractivity contribution >= 4 is 29.2 Å². The minimum atomic E-state index is -0.465. The number of aromatic nitrogens is 5. The summed E-state index contributed by atoms with van der Waals surface area (Å²) in [4.78, 5) is 14.1. The first-order valence-corrected chi connectivity index (χ1v) is 11.3. The van der Waals surface area contributed by atoms with Crippen molar-refractivity contribution in [3.63, 3.8) is 0 Å². The highest BCUT2D eigenvalue weighted by molar-refractivity contribution is 7.98. The maximum absolute atomic E-state index is 13.0. The Labute approximate surface area is 193 Å². The van der Waals surface area contributed by atoms with Crippen molar-refractivity contribution in [3.8, 4) is 5.82 Å². The molecule has 2 heterocycles. The highest BCUT2D eigenvalue weighted by Gasteiger charge is 2.25. The van der Waals surface area contributed by atoms with Gasteiger partial charge in [0.1, 0.15) is 0 Å². The first-order chi connectivity index (χ1) is 16.1. The number of rotatable bonds is 6. The molecule has 1 aliphatic carbocycles. The number of amides is 1. The number of nitrogen functional groups attached to an aromatic ring is 1. The van der Waals surface area contributed by atoms with Gasteiger partial charge in [0, 0.05) is 16.2 Å². The van der Waals surface area contributed by atoms with E-state index in [4.69, 9.17) is 10.4 Å². The number of benzene rings is 2. The molecule has 33 heavy (non-hydrogen) atoms. The van der Waals surface area contributed by atoms with Crippen molar-refractivity contribution in [2.24, 2.45) is 5.10 Å². The molecule has 3 N–H and O–H groups in total. The van der Waals surface area contributed by atoms with E-state index in [-0.39, 0.29) is 17.3 Å². The maximum Gasteiger partial charge on any atom is 0.293 e. The van der Waals surface area contributed by atoms with Crippen molar-refractivity contribution in [2.75, 3.05) is 5.73 Å². The lowest BCUT2D eigenvalue weighted by atomic mass is 10.1. The number of aryl methyl sites for hydroxylation is 2. The van der Waals surface area contributed by atoms with E-state index < -0.39 is 5.91 Å². The molecular weight excluding hydrogens is 440 g/mol. The Kier molecular flexibility index (Phi) is 5.61. The summed E-state index contributed by atoms with van der Waals surface area (Å²) in [5.74, 6) is 0.158. The van der Waals surface area contributed by atoms with Crippen LogP contribution in [0.3, 0.4) is 0 Å². The van der Waals surface area contributed by atoms with Crippen molar-refractivity contribution in [1.29, 1.82) is 0 Å². The van der Waals surface area contributed by atoms with Gasteiger partial charge in [0.25, 0.3) is 5.91 Å². The lowest BCUT2D eigenvalue weighted by Crippen LogP contribution is -2.21. The van der Waals surface area contributed by atoms with E-state index in [1.165, 1.54) is 27.6 Å². The van der Waals surface area contributed by atoms with Gasteiger partial charge in [-0.1, -0.05) is 47.2 Å². The van der Waals surface area contributed by atoms with E-state index in [1.54, 1.807) is 0 Å². The Morgan fingerprint density at radius 2 is 2.00 bits per heavy atom. The average molecular weight is 461 g/mol. The van der Waals surface area contributed by atoms with E-state index in [9.17, 15) is 4.79 Å². The number of thioether (sulfide) groups is 1. The average Bonchev–Trinajstić information content (AvgIpc) is 3.55. The van der Waals surface area contributed by atoms with Crippen LogP contribution in [-0.4, -0.2) is 36.9 Å². The third kappa shape index (κ3) is 4.22. The summed E-state index contributed by atoms with van der Waals surface area (Å²) in [5, 5.41) is 19.9. The lowest BCUT2D eigenvalue weighted by molar-refractivity contribution is 0.0949. The van der Waals surface area contributed by atoms with Crippen molar-refractivity contribution in [2.45, 2.75) is 30.4 Å². The van der Waals surface area contributed by atoms with E-state index in [0.29, 0.717) is 11.4 Å². The van der Waals surface area contributed by atoms with Gasteiger partial charge in [0.2, 0.25) is 11.6 Å². The molecule has 0 aliphatic heterocycles. The molecule has 2 aromatic carbocycles. The Balaban J connectivity index is 1.42. The molecule has 1 aliphatic rings. The smallest absolute Gasteiger partial charge is 0.293 e. The van der Waals surface area contributed by atoms with Crippen LogP contribution < -0.4 is 11.2 Å². The number of carbonyl (C=O) groups excluding carboxylic acids is 1. The Morgan fingerprint density at radius 3 is 2.79 bits per heavy atom. The van der Waals surface area contributed by atoms with Gasteiger partial charge in [0.05, 0.1) is 11.4 Å². The summed E-state index contributed by atoms with van der Waals surface area (Å²) in [6.45, 7) is 2.03. The quantitative estimate of drug-likeness (QED) is 0.331. The second-order valence-electron chi connectivity index (χ2n) is 7.53. The topological polar surface area (TPSA) is 137 Å². The van der Waals surface area contributed by atoms with Gasteiger partial charge in [-0.3, -0.25) is 4.79 Å². The molecule has 0 saturated carbocycles. The van der Waals surface area contributed by atoms with E-state index in [0.717, 1.165) is 29.0 Å². The van der Waals surface area contributed by atoms with Crippen LogP contribution in [0.15, 0.2) is 63.2 Å². The molecule has 0 radical (unpaired) electrons. The van der Waals surface area contributed by atoms with Crippen LogP contribution in [0.2, 0.25) is 0 Å². The lowest BCUT2D eigenvalue weighted by Gasteiger charge is -2.06. The summed E-state index contributed by atoms with van der Waals surface area (Å²) in [6, 6.07) is 16.1.